The third kappa shape index (κ3) is 4.19. The first-order valence-electron chi connectivity index (χ1n) is 11.3. The zero-order valence-corrected chi connectivity index (χ0v) is 20.5. The average Bonchev–Trinajstić information content (AvgIpc) is 3.25. The lowest BCUT2D eigenvalue weighted by molar-refractivity contribution is 0.0316. The van der Waals surface area contributed by atoms with Crippen LogP contribution in [-0.4, -0.2) is 39.7 Å². The molecule has 1 spiro atoms. The quantitative estimate of drug-likeness (QED) is 0.414. The molecule has 1 aliphatic carbocycles. The first-order chi connectivity index (χ1) is 17.3. The SMILES string of the molecule is O=C(c1[nH]ccc(=O)c1O)N1CNC(c2ccsc2Cl)c2ccc(F)c(F)c2OC/C=C/C12CCC2. The van der Waals surface area contributed by atoms with Crippen molar-refractivity contribution in [2.45, 2.75) is 30.8 Å². The van der Waals surface area contributed by atoms with Crippen molar-refractivity contribution in [1.82, 2.24) is 15.2 Å². The molecule has 3 heterocycles. The van der Waals surface area contributed by atoms with Crippen LogP contribution in [0.3, 0.4) is 0 Å². The third-order valence-corrected chi connectivity index (χ3v) is 7.90. The Morgan fingerprint density at radius 2 is 2.03 bits per heavy atom. The molecule has 36 heavy (non-hydrogen) atoms. The summed E-state index contributed by atoms with van der Waals surface area (Å²) in [5.41, 5.74) is -0.709. The number of H-pyrrole nitrogens is 1. The highest BCUT2D eigenvalue weighted by Crippen LogP contribution is 2.42. The van der Waals surface area contributed by atoms with Gasteiger partial charge in [0.1, 0.15) is 6.61 Å². The monoisotopic (exact) mass is 533 g/mol. The van der Waals surface area contributed by atoms with Crippen LogP contribution in [-0.2, 0) is 0 Å². The molecule has 188 valence electrons. The standard InChI is InChI=1S/C25H22ClF2N3O4S/c26-23-15(6-12-36-23)19-14-3-4-16(27)18(28)22(14)35-11-2-9-25(7-1-8-25)31(13-30-19)24(34)20-21(33)17(32)5-10-29-20/h2-6,9-10,12,19,30,33H,1,7-8,11,13H2,(H,29,32)/b9-2+. The van der Waals surface area contributed by atoms with Crippen molar-refractivity contribution in [2.75, 3.05) is 13.3 Å². The van der Waals surface area contributed by atoms with Gasteiger partial charge in [-0.3, -0.25) is 14.9 Å². The average molecular weight is 534 g/mol. The fourth-order valence-corrected chi connectivity index (χ4v) is 5.65. The smallest absolute Gasteiger partial charge is 0.276 e. The molecule has 5 rings (SSSR count). The Kier molecular flexibility index (Phi) is 6.59. The number of fused-ring (bicyclic) bond motifs is 1. The summed E-state index contributed by atoms with van der Waals surface area (Å²) in [6, 6.07) is 4.59. The molecule has 1 amide bonds. The number of hydrogen-bond acceptors (Lipinski definition) is 6. The number of ether oxygens (including phenoxy) is 1. The molecule has 11 heteroatoms. The van der Waals surface area contributed by atoms with E-state index in [2.05, 4.69) is 10.3 Å². The second-order valence-corrected chi connectivity index (χ2v) is 10.2. The molecule has 1 aromatic carbocycles. The Balaban J connectivity index is 1.62. The number of carbonyl (C=O) groups excluding carboxylic acids is 1. The van der Waals surface area contributed by atoms with Crippen molar-refractivity contribution in [3.8, 4) is 11.5 Å². The molecule has 1 atom stereocenters. The van der Waals surface area contributed by atoms with Crippen LogP contribution in [0.25, 0.3) is 0 Å². The van der Waals surface area contributed by atoms with E-state index in [1.54, 1.807) is 17.5 Å². The minimum atomic E-state index is -1.11. The summed E-state index contributed by atoms with van der Waals surface area (Å²) in [5, 5.41) is 15.4. The van der Waals surface area contributed by atoms with E-state index >= 15 is 0 Å². The van der Waals surface area contributed by atoms with Gasteiger partial charge in [-0.05, 0) is 42.9 Å². The Hall–Kier alpha value is -3.21. The van der Waals surface area contributed by atoms with E-state index in [1.165, 1.54) is 28.5 Å². The van der Waals surface area contributed by atoms with Crippen LogP contribution in [0.15, 0.2) is 52.8 Å². The van der Waals surface area contributed by atoms with Crippen LogP contribution in [0.5, 0.6) is 11.5 Å². The summed E-state index contributed by atoms with van der Waals surface area (Å²) < 4.78 is 35.2. The minimum Gasteiger partial charge on any atom is -0.503 e. The molecule has 2 aliphatic rings. The van der Waals surface area contributed by atoms with Gasteiger partial charge in [-0.1, -0.05) is 23.7 Å². The predicted octanol–water partition coefficient (Wildman–Crippen LogP) is 4.72. The number of halogens is 3. The number of aromatic nitrogens is 1. The van der Waals surface area contributed by atoms with Gasteiger partial charge in [-0.2, -0.15) is 4.39 Å². The molecule has 0 bridgehead atoms. The van der Waals surface area contributed by atoms with Crippen molar-refractivity contribution in [2.24, 2.45) is 0 Å². The maximum atomic E-state index is 14.9. The summed E-state index contributed by atoms with van der Waals surface area (Å²) in [4.78, 5) is 29.9. The maximum Gasteiger partial charge on any atom is 0.276 e. The molecular formula is C25H22ClF2N3O4S. The Labute approximate surface area is 214 Å². The van der Waals surface area contributed by atoms with E-state index in [-0.39, 0.29) is 24.7 Å². The number of rotatable bonds is 2. The Morgan fingerprint density at radius 3 is 2.72 bits per heavy atom. The molecule has 2 aromatic heterocycles. The molecule has 3 N–H and O–H groups in total. The van der Waals surface area contributed by atoms with Crippen molar-refractivity contribution in [3.63, 3.8) is 0 Å². The molecule has 1 aliphatic heterocycles. The predicted molar refractivity (Wildman–Crippen MR) is 132 cm³/mol. The number of carbonyl (C=O) groups is 1. The lowest BCUT2D eigenvalue weighted by Crippen LogP contribution is -2.58. The van der Waals surface area contributed by atoms with Gasteiger partial charge in [-0.15, -0.1) is 11.3 Å². The number of aromatic hydroxyl groups is 1. The van der Waals surface area contributed by atoms with Crippen molar-refractivity contribution < 1.29 is 23.4 Å². The first-order valence-corrected chi connectivity index (χ1v) is 12.6. The van der Waals surface area contributed by atoms with E-state index in [1.807, 2.05) is 6.08 Å². The van der Waals surface area contributed by atoms with Gasteiger partial charge in [0.25, 0.3) is 5.91 Å². The molecule has 1 saturated carbocycles. The van der Waals surface area contributed by atoms with Crippen LogP contribution in [0.2, 0.25) is 4.34 Å². The zero-order valence-electron chi connectivity index (χ0n) is 18.9. The van der Waals surface area contributed by atoms with Crippen LogP contribution in [0.4, 0.5) is 8.78 Å². The van der Waals surface area contributed by atoms with E-state index < -0.39 is 40.3 Å². The number of aromatic amines is 1. The maximum absolute atomic E-state index is 14.9. The van der Waals surface area contributed by atoms with Gasteiger partial charge in [0, 0.05) is 23.4 Å². The zero-order chi connectivity index (χ0) is 25.4. The molecule has 0 radical (unpaired) electrons. The van der Waals surface area contributed by atoms with Gasteiger partial charge in [0.2, 0.25) is 11.2 Å². The molecular weight excluding hydrogens is 512 g/mol. The molecule has 1 fully saturated rings. The van der Waals surface area contributed by atoms with Crippen LogP contribution < -0.4 is 15.5 Å². The minimum absolute atomic E-state index is 0.0468. The second-order valence-electron chi connectivity index (χ2n) is 8.69. The lowest BCUT2D eigenvalue weighted by atomic mass is 9.75. The van der Waals surface area contributed by atoms with E-state index in [9.17, 15) is 23.5 Å². The first kappa shape index (κ1) is 24.5. The van der Waals surface area contributed by atoms with E-state index in [0.717, 1.165) is 18.6 Å². The van der Waals surface area contributed by atoms with Gasteiger partial charge < -0.3 is 19.7 Å². The van der Waals surface area contributed by atoms with Gasteiger partial charge >= 0.3 is 0 Å². The second kappa shape index (κ2) is 9.68. The van der Waals surface area contributed by atoms with Crippen molar-refractivity contribution >= 4 is 28.8 Å². The van der Waals surface area contributed by atoms with Gasteiger partial charge in [0.05, 0.1) is 22.6 Å². The highest BCUT2D eigenvalue weighted by Gasteiger charge is 2.44. The number of amides is 1. The largest absolute Gasteiger partial charge is 0.503 e. The molecule has 0 saturated heterocycles. The Morgan fingerprint density at radius 1 is 1.22 bits per heavy atom. The van der Waals surface area contributed by atoms with Crippen LogP contribution in [0.1, 0.15) is 46.9 Å². The third-order valence-electron chi connectivity index (χ3n) is 6.70. The Bertz CT molecular complexity index is 1400. The van der Waals surface area contributed by atoms with Crippen molar-refractivity contribution in [1.29, 1.82) is 0 Å². The molecule has 3 aromatic rings. The summed E-state index contributed by atoms with van der Waals surface area (Å²) in [7, 11) is 0. The highest BCUT2D eigenvalue weighted by atomic mass is 35.5. The summed E-state index contributed by atoms with van der Waals surface area (Å²) in [6.45, 7) is -0.108. The lowest BCUT2D eigenvalue weighted by Gasteiger charge is -2.48. The number of hydrogen-bond donors (Lipinski definition) is 3. The summed E-state index contributed by atoms with van der Waals surface area (Å²) >= 11 is 7.72. The molecule has 7 nitrogen and oxygen atoms in total. The summed E-state index contributed by atoms with van der Waals surface area (Å²) in [6.07, 6.45) is 6.89. The fraction of sp³-hybridized carbons (Fsp3) is 0.280. The number of nitrogens with one attached hydrogen (secondary N) is 2. The number of pyridine rings is 1. The highest BCUT2D eigenvalue weighted by molar-refractivity contribution is 7.14. The van der Waals surface area contributed by atoms with Crippen molar-refractivity contribution in [3.05, 3.63) is 91.0 Å². The fourth-order valence-electron chi connectivity index (χ4n) is 4.67. The number of benzene rings is 1. The van der Waals surface area contributed by atoms with Crippen LogP contribution in [0, 0.1) is 11.6 Å². The number of thiophene rings is 1. The van der Waals surface area contributed by atoms with Gasteiger partial charge in [-0.25, -0.2) is 4.39 Å². The van der Waals surface area contributed by atoms with Gasteiger partial charge in [0.15, 0.2) is 23.0 Å². The molecule has 1 unspecified atom stereocenters. The van der Waals surface area contributed by atoms with Crippen LogP contribution >= 0.6 is 22.9 Å². The van der Waals surface area contributed by atoms with E-state index in [0.29, 0.717) is 28.3 Å². The normalized spacial score (nSPS) is 20.1. The van der Waals surface area contributed by atoms with E-state index in [4.69, 9.17) is 16.3 Å². The summed E-state index contributed by atoms with van der Waals surface area (Å²) in [5.74, 6) is -3.65. The number of nitrogens with zero attached hydrogens (tertiary/aromatic N) is 1. The topological polar surface area (TPSA) is 94.7 Å².